The van der Waals surface area contributed by atoms with E-state index in [-0.39, 0.29) is 5.84 Å². The van der Waals surface area contributed by atoms with Crippen LogP contribution in [0, 0.1) is 6.92 Å². The molecule has 0 radical (unpaired) electrons. The third kappa shape index (κ3) is 2.60. The maximum atomic E-state index is 8.60. The summed E-state index contributed by atoms with van der Waals surface area (Å²) >= 11 is 5.72. The summed E-state index contributed by atoms with van der Waals surface area (Å²) in [5.41, 5.74) is 7.80. The second-order valence-corrected chi connectivity index (χ2v) is 4.19. The van der Waals surface area contributed by atoms with Crippen molar-refractivity contribution in [3.63, 3.8) is 0 Å². The standard InChI is InChI=1S/C11H12ClN5O/c1-7-4-9(11(13)16-18)15-17(7)6-8-2-3-10(12)14-5-8/h2-5,18H,6H2,1H3,(H2,13,16). The molecule has 0 fully saturated rings. The van der Waals surface area contributed by atoms with Gasteiger partial charge in [0.05, 0.1) is 6.54 Å². The maximum Gasteiger partial charge on any atom is 0.190 e. The Kier molecular flexibility index (Phi) is 3.47. The Morgan fingerprint density at radius 2 is 2.33 bits per heavy atom. The Bertz CT molecular complexity index is 576. The lowest BCUT2D eigenvalue weighted by atomic mass is 10.3. The van der Waals surface area contributed by atoms with Crippen LogP contribution in [0.15, 0.2) is 29.6 Å². The first kappa shape index (κ1) is 12.4. The van der Waals surface area contributed by atoms with Crippen LogP contribution in [0.2, 0.25) is 5.15 Å². The first-order valence-corrected chi connectivity index (χ1v) is 5.60. The van der Waals surface area contributed by atoms with Gasteiger partial charge in [0.25, 0.3) is 0 Å². The highest BCUT2D eigenvalue weighted by atomic mass is 35.5. The van der Waals surface area contributed by atoms with Gasteiger partial charge in [-0.3, -0.25) is 4.68 Å². The van der Waals surface area contributed by atoms with Gasteiger partial charge in [-0.25, -0.2) is 4.98 Å². The lowest BCUT2D eigenvalue weighted by Crippen LogP contribution is -2.14. The fourth-order valence-corrected chi connectivity index (χ4v) is 1.63. The van der Waals surface area contributed by atoms with E-state index in [1.165, 1.54) is 0 Å². The van der Waals surface area contributed by atoms with Crippen molar-refractivity contribution in [1.82, 2.24) is 14.8 Å². The number of hydrogen-bond acceptors (Lipinski definition) is 4. The number of amidine groups is 1. The molecule has 0 aliphatic carbocycles. The molecule has 2 aromatic rings. The number of oxime groups is 1. The summed E-state index contributed by atoms with van der Waals surface area (Å²) in [6, 6.07) is 5.35. The molecule has 7 heteroatoms. The second kappa shape index (κ2) is 5.05. The van der Waals surface area contributed by atoms with Gasteiger partial charge in [0.15, 0.2) is 5.84 Å². The van der Waals surface area contributed by atoms with Crippen molar-refractivity contribution in [2.45, 2.75) is 13.5 Å². The van der Waals surface area contributed by atoms with Crippen LogP contribution >= 0.6 is 11.6 Å². The number of nitrogens with two attached hydrogens (primary N) is 1. The van der Waals surface area contributed by atoms with Crippen LogP contribution in [-0.2, 0) is 6.54 Å². The average Bonchev–Trinajstić information content (AvgIpc) is 2.73. The first-order valence-electron chi connectivity index (χ1n) is 5.23. The van der Waals surface area contributed by atoms with Gasteiger partial charge in [-0.1, -0.05) is 22.8 Å². The molecule has 0 amide bonds. The molecule has 18 heavy (non-hydrogen) atoms. The van der Waals surface area contributed by atoms with E-state index in [0.29, 0.717) is 17.4 Å². The third-order valence-electron chi connectivity index (χ3n) is 2.47. The molecule has 6 nitrogen and oxygen atoms in total. The van der Waals surface area contributed by atoms with E-state index >= 15 is 0 Å². The first-order chi connectivity index (χ1) is 8.60. The summed E-state index contributed by atoms with van der Waals surface area (Å²) in [5.74, 6) is -0.00826. The highest BCUT2D eigenvalue weighted by Crippen LogP contribution is 2.09. The predicted octanol–water partition coefficient (Wildman–Crippen LogP) is 1.38. The van der Waals surface area contributed by atoms with Gasteiger partial charge in [0.2, 0.25) is 0 Å². The monoisotopic (exact) mass is 265 g/mol. The lowest BCUT2D eigenvalue weighted by Gasteiger charge is -2.03. The minimum absolute atomic E-state index is 0.00826. The fourth-order valence-electron chi connectivity index (χ4n) is 1.52. The van der Waals surface area contributed by atoms with Gasteiger partial charge in [0.1, 0.15) is 10.8 Å². The van der Waals surface area contributed by atoms with Gasteiger partial charge < -0.3 is 10.9 Å². The van der Waals surface area contributed by atoms with Gasteiger partial charge in [-0.2, -0.15) is 5.10 Å². The molecule has 0 unspecified atom stereocenters. The Hall–Kier alpha value is -2.08. The van der Waals surface area contributed by atoms with Crippen LogP contribution in [0.4, 0.5) is 0 Å². The highest BCUT2D eigenvalue weighted by molar-refractivity contribution is 6.29. The Labute approximate surface area is 109 Å². The summed E-state index contributed by atoms with van der Waals surface area (Å²) in [4.78, 5) is 4.00. The smallest absolute Gasteiger partial charge is 0.190 e. The van der Waals surface area contributed by atoms with Crippen LogP contribution in [0.3, 0.4) is 0 Å². The summed E-state index contributed by atoms with van der Waals surface area (Å²) in [6.07, 6.45) is 1.69. The van der Waals surface area contributed by atoms with Crippen molar-refractivity contribution in [3.05, 3.63) is 46.5 Å². The number of pyridine rings is 1. The molecule has 0 bridgehead atoms. The molecule has 3 N–H and O–H groups in total. The molecule has 0 aromatic carbocycles. The normalized spacial score (nSPS) is 11.8. The zero-order chi connectivity index (χ0) is 13.1. The quantitative estimate of drug-likeness (QED) is 0.288. The second-order valence-electron chi connectivity index (χ2n) is 3.80. The fraction of sp³-hybridized carbons (Fsp3) is 0.182. The molecule has 0 aliphatic rings. The number of aryl methyl sites for hydroxylation is 1. The van der Waals surface area contributed by atoms with Crippen molar-refractivity contribution in [2.75, 3.05) is 0 Å². The Balaban J connectivity index is 2.24. The van der Waals surface area contributed by atoms with E-state index in [4.69, 9.17) is 22.5 Å². The molecule has 0 spiro atoms. The van der Waals surface area contributed by atoms with Crippen LogP contribution in [0.5, 0.6) is 0 Å². The van der Waals surface area contributed by atoms with Crippen LogP contribution in [-0.4, -0.2) is 25.8 Å². The van der Waals surface area contributed by atoms with Gasteiger partial charge in [-0.15, -0.1) is 0 Å². The molecule has 0 saturated heterocycles. The number of hydrogen-bond donors (Lipinski definition) is 2. The largest absolute Gasteiger partial charge is 0.409 e. The molecular weight excluding hydrogens is 254 g/mol. The number of nitrogens with zero attached hydrogens (tertiary/aromatic N) is 4. The number of aromatic nitrogens is 3. The minimum Gasteiger partial charge on any atom is -0.409 e. The minimum atomic E-state index is -0.00826. The Morgan fingerprint density at radius 1 is 1.56 bits per heavy atom. The van der Waals surface area contributed by atoms with Crippen molar-refractivity contribution >= 4 is 17.4 Å². The Morgan fingerprint density at radius 3 is 2.94 bits per heavy atom. The predicted molar refractivity (Wildman–Crippen MR) is 67.8 cm³/mol. The van der Waals surface area contributed by atoms with Crippen LogP contribution < -0.4 is 5.73 Å². The van der Waals surface area contributed by atoms with Crippen molar-refractivity contribution in [1.29, 1.82) is 0 Å². The third-order valence-corrected chi connectivity index (χ3v) is 2.70. The van der Waals surface area contributed by atoms with Gasteiger partial charge >= 0.3 is 0 Å². The van der Waals surface area contributed by atoms with E-state index in [1.807, 2.05) is 13.0 Å². The molecule has 0 atom stereocenters. The van der Waals surface area contributed by atoms with Crippen LogP contribution in [0.1, 0.15) is 17.0 Å². The zero-order valence-corrected chi connectivity index (χ0v) is 10.5. The van der Waals surface area contributed by atoms with E-state index in [2.05, 4.69) is 15.2 Å². The van der Waals surface area contributed by atoms with Crippen LogP contribution in [0.25, 0.3) is 0 Å². The highest BCUT2D eigenvalue weighted by Gasteiger charge is 2.08. The van der Waals surface area contributed by atoms with Crippen molar-refractivity contribution in [2.24, 2.45) is 10.9 Å². The molecule has 2 rings (SSSR count). The molecule has 94 valence electrons. The zero-order valence-electron chi connectivity index (χ0n) is 9.71. The molecule has 2 aromatic heterocycles. The summed E-state index contributed by atoms with van der Waals surface area (Å²) < 4.78 is 1.75. The van der Waals surface area contributed by atoms with Gasteiger partial charge in [-0.05, 0) is 24.6 Å². The van der Waals surface area contributed by atoms with E-state index in [9.17, 15) is 0 Å². The number of rotatable bonds is 3. The van der Waals surface area contributed by atoms with E-state index in [1.54, 1.807) is 23.0 Å². The number of halogens is 1. The topological polar surface area (TPSA) is 89.3 Å². The molecular formula is C11H12ClN5O. The molecule has 2 heterocycles. The van der Waals surface area contributed by atoms with Gasteiger partial charge in [0, 0.05) is 11.9 Å². The molecule has 0 aliphatic heterocycles. The summed E-state index contributed by atoms with van der Waals surface area (Å²) in [6.45, 7) is 2.44. The summed E-state index contributed by atoms with van der Waals surface area (Å²) in [5, 5.41) is 16.2. The summed E-state index contributed by atoms with van der Waals surface area (Å²) in [7, 11) is 0. The average molecular weight is 266 g/mol. The van der Waals surface area contributed by atoms with E-state index in [0.717, 1.165) is 11.3 Å². The van der Waals surface area contributed by atoms with Crippen molar-refractivity contribution < 1.29 is 5.21 Å². The molecule has 0 saturated carbocycles. The van der Waals surface area contributed by atoms with E-state index < -0.39 is 0 Å². The lowest BCUT2D eigenvalue weighted by molar-refractivity contribution is 0.318. The van der Waals surface area contributed by atoms with Crippen molar-refractivity contribution in [3.8, 4) is 0 Å². The SMILES string of the molecule is Cc1cc(/C(N)=N/O)nn1Cc1ccc(Cl)nc1. The maximum absolute atomic E-state index is 8.60.